The predicted octanol–water partition coefficient (Wildman–Crippen LogP) is 4.65. The van der Waals surface area contributed by atoms with Gasteiger partial charge >= 0.3 is 6.09 Å². The highest BCUT2D eigenvalue weighted by Gasteiger charge is 2.49. The van der Waals surface area contributed by atoms with Gasteiger partial charge in [-0.05, 0) is 79.8 Å². The summed E-state index contributed by atoms with van der Waals surface area (Å²) in [6.45, 7) is 2.88. The van der Waals surface area contributed by atoms with E-state index in [9.17, 15) is 18.3 Å². The second kappa shape index (κ2) is 12.8. The number of aliphatic hydroxyl groups excluding tert-OH is 1. The van der Waals surface area contributed by atoms with Gasteiger partial charge in [0.25, 0.3) is 0 Å². The van der Waals surface area contributed by atoms with Crippen LogP contribution in [0.5, 0.6) is 5.75 Å². The molecule has 2 aromatic carbocycles. The fourth-order valence-electron chi connectivity index (χ4n) is 7.05. The first kappa shape index (κ1) is 32.9. The van der Waals surface area contributed by atoms with E-state index in [4.69, 9.17) is 18.9 Å². The first-order valence-corrected chi connectivity index (χ1v) is 19.3. The maximum atomic E-state index is 14.3. The van der Waals surface area contributed by atoms with Crippen LogP contribution >= 0.6 is 11.3 Å². The number of methoxy groups -OCH3 is 1. The Hall–Kier alpha value is -3.27. The number of amides is 1. The van der Waals surface area contributed by atoms with Crippen molar-refractivity contribution in [1.29, 1.82) is 0 Å². The Labute approximate surface area is 289 Å². The molecule has 0 radical (unpaired) electrons. The van der Waals surface area contributed by atoms with Crippen molar-refractivity contribution >= 4 is 42.8 Å². The summed E-state index contributed by atoms with van der Waals surface area (Å²) >= 11 is 1.44. The number of hydrogen-bond acceptors (Lipinski definition) is 11. The number of rotatable bonds is 14. The quantitative estimate of drug-likeness (QED) is 0.216. The van der Waals surface area contributed by atoms with Crippen LogP contribution in [0.4, 0.5) is 9.93 Å². The van der Waals surface area contributed by atoms with Gasteiger partial charge in [-0.25, -0.2) is 18.2 Å². The molecule has 1 amide bonds. The van der Waals surface area contributed by atoms with E-state index in [-0.39, 0.29) is 47.9 Å². The number of carbonyl (C=O) groups excluding carboxylic acids is 1. The van der Waals surface area contributed by atoms with Crippen LogP contribution in [0, 0.1) is 17.3 Å². The number of carbonyl (C=O) groups is 1. The smallest absolute Gasteiger partial charge is 0.412 e. The SMILES string of the molecule is COc1ccc(C[C@H](NC(=O)OC2=C3COC4OCC2CC34)[C@H](O)CN(CC2(C)CC2)S(=O)(=O)c2ccc3nc(NC4CC4)sc3c2)cc1. The molecule has 3 N–H and O–H groups in total. The largest absolute Gasteiger partial charge is 0.497 e. The highest BCUT2D eigenvalue weighted by atomic mass is 32.2. The molecule has 12 nitrogen and oxygen atoms in total. The van der Waals surface area contributed by atoms with E-state index in [1.807, 2.05) is 24.3 Å². The lowest BCUT2D eigenvalue weighted by molar-refractivity contribution is -0.161. The van der Waals surface area contributed by atoms with Gasteiger partial charge in [0.05, 0.1) is 47.6 Å². The number of nitrogens with zero attached hydrogens (tertiary/aromatic N) is 2. The maximum Gasteiger partial charge on any atom is 0.412 e. The third-order valence-corrected chi connectivity index (χ3v) is 13.2. The number of sulfonamides is 1. The van der Waals surface area contributed by atoms with Crippen molar-refractivity contribution < 1.29 is 37.3 Å². The fraction of sp³-hybridized carbons (Fsp3) is 0.543. The second-order valence-corrected chi connectivity index (χ2v) is 17.3. The zero-order chi connectivity index (χ0) is 33.9. The molecule has 4 fully saturated rings. The number of alkyl carbamates (subject to hydrolysis) is 1. The minimum atomic E-state index is -4.02. The van der Waals surface area contributed by atoms with Gasteiger partial charge < -0.3 is 34.7 Å². The van der Waals surface area contributed by atoms with Gasteiger partial charge in [0.15, 0.2) is 11.4 Å². The Morgan fingerprint density at radius 1 is 1.18 bits per heavy atom. The van der Waals surface area contributed by atoms with Crippen molar-refractivity contribution in [2.24, 2.45) is 17.3 Å². The molecular formula is C35H42N4O8S2. The molecule has 8 rings (SSSR count). The topological polar surface area (TPSA) is 149 Å². The average Bonchev–Trinajstić information content (AvgIpc) is 3.92. The first-order chi connectivity index (χ1) is 23.6. The Bertz CT molecular complexity index is 1870. The number of aliphatic hydroxyl groups is 1. The van der Waals surface area contributed by atoms with E-state index in [0.29, 0.717) is 30.8 Å². The molecule has 2 saturated heterocycles. The van der Waals surface area contributed by atoms with E-state index in [0.717, 1.165) is 58.6 Å². The molecule has 3 heterocycles. The molecule has 262 valence electrons. The standard InChI is InChI=1S/C35H42N4O8S2/c1-35(11-12-35)19-39(49(42,43)24-9-10-27-30(15-24)48-33(37-27)36-22-5-6-22)16-29(40)28(13-20-3-7-23(44-2)8-4-20)38-34(41)47-31-21-14-25-26(31)18-46-32(25)45-17-21/h3-4,7-10,15,21-22,25,28-29,32,40H,5-6,11-14,16-19H2,1-2H3,(H,36,37)(H,38,41)/t21?,25?,28-,29+,32?/m0/s1. The number of thiazole rings is 1. The fourth-order valence-corrected chi connectivity index (χ4v) is 9.74. The Balaban J connectivity index is 1.04. The highest BCUT2D eigenvalue weighted by molar-refractivity contribution is 7.89. The summed E-state index contributed by atoms with van der Waals surface area (Å²) in [4.78, 5) is 18.3. The molecule has 14 heteroatoms. The van der Waals surface area contributed by atoms with Crippen LogP contribution in [0.1, 0.15) is 44.6 Å². The predicted molar refractivity (Wildman–Crippen MR) is 183 cm³/mol. The van der Waals surface area contributed by atoms with Gasteiger partial charge in [-0.15, -0.1) is 0 Å². The lowest BCUT2D eigenvalue weighted by Gasteiger charge is -2.31. The van der Waals surface area contributed by atoms with Crippen LogP contribution in [-0.4, -0.2) is 86.8 Å². The number of anilines is 1. The number of fused-ring (bicyclic) bond motifs is 2. The van der Waals surface area contributed by atoms with Crippen molar-refractivity contribution in [1.82, 2.24) is 14.6 Å². The summed E-state index contributed by atoms with van der Waals surface area (Å²) in [5.74, 6) is 1.33. The maximum absolute atomic E-state index is 14.3. The molecule has 5 aliphatic rings. The molecule has 0 spiro atoms. The summed E-state index contributed by atoms with van der Waals surface area (Å²) in [6, 6.07) is 11.9. The molecule has 1 aromatic heterocycles. The van der Waals surface area contributed by atoms with Crippen LogP contribution in [0.2, 0.25) is 0 Å². The molecular weight excluding hydrogens is 669 g/mol. The summed E-state index contributed by atoms with van der Waals surface area (Å²) in [6.07, 6.45) is 2.82. The number of nitrogens with one attached hydrogen (secondary N) is 2. The molecule has 49 heavy (non-hydrogen) atoms. The van der Waals surface area contributed by atoms with Gasteiger partial charge in [0.1, 0.15) is 11.5 Å². The van der Waals surface area contributed by atoms with Gasteiger partial charge in [0.2, 0.25) is 10.0 Å². The van der Waals surface area contributed by atoms with Gasteiger partial charge in [-0.3, -0.25) is 0 Å². The molecule has 5 atom stereocenters. The van der Waals surface area contributed by atoms with Gasteiger partial charge in [0, 0.05) is 36.5 Å². The van der Waals surface area contributed by atoms with Crippen molar-refractivity contribution in [2.75, 3.05) is 38.7 Å². The van der Waals surface area contributed by atoms with Crippen molar-refractivity contribution in [3.05, 3.63) is 59.4 Å². The summed E-state index contributed by atoms with van der Waals surface area (Å²) < 4.78 is 53.5. The molecule has 3 unspecified atom stereocenters. The van der Waals surface area contributed by atoms with E-state index in [1.54, 1.807) is 25.3 Å². The van der Waals surface area contributed by atoms with E-state index in [2.05, 4.69) is 22.5 Å². The van der Waals surface area contributed by atoms with E-state index >= 15 is 0 Å². The summed E-state index contributed by atoms with van der Waals surface area (Å²) in [5.41, 5.74) is 2.35. The third-order valence-electron chi connectivity index (χ3n) is 10.4. The molecule has 2 bridgehead atoms. The summed E-state index contributed by atoms with van der Waals surface area (Å²) in [5, 5.41) is 18.9. The molecule has 3 aliphatic carbocycles. The molecule has 2 saturated carbocycles. The Morgan fingerprint density at radius 2 is 1.98 bits per heavy atom. The van der Waals surface area contributed by atoms with Crippen molar-refractivity contribution in [2.45, 2.75) is 74.8 Å². The Kier molecular flexibility index (Phi) is 8.60. The first-order valence-electron chi connectivity index (χ1n) is 17.0. The van der Waals surface area contributed by atoms with Crippen LogP contribution in [0.25, 0.3) is 10.2 Å². The average molecular weight is 711 g/mol. The summed E-state index contributed by atoms with van der Waals surface area (Å²) in [7, 11) is -2.44. The number of aromatic nitrogens is 1. The lowest BCUT2D eigenvalue weighted by Crippen LogP contribution is -2.51. The molecule has 3 aromatic rings. The minimum Gasteiger partial charge on any atom is -0.497 e. The normalized spacial score (nSPS) is 25.0. The van der Waals surface area contributed by atoms with Crippen LogP contribution < -0.4 is 15.4 Å². The zero-order valence-electron chi connectivity index (χ0n) is 27.6. The number of benzene rings is 2. The third kappa shape index (κ3) is 6.91. The molecule has 2 aliphatic heterocycles. The second-order valence-electron chi connectivity index (χ2n) is 14.4. The monoisotopic (exact) mass is 710 g/mol. The van der Waals surface area contributed by atoms with Gasteiger partial charge in [-0.1, -0.05) is 30.4 Å². The lowest BCUT2D eigenvalue weighted by atomic mass is 9.99. The van der Waals surface area contributed by atoms with E-state index < -0.39 is 28.3 Å². The number of hydrogen-bond donors (Lipinski definition) is 3. The minimum absolute atomic E-state index is 0.0211. The van der Waals surface area contributed by atoms with E-state index in [1.165, 1.54) is 15.6 Å². The Morgan fingerprint density at radius 3 is 2.71 bits per heavy atom. The highest BCUT2D eigenvalue weighted by Crippen LogP contribution is 2.48. The van der Waals surface area contributed by atoms with Crippen LogP contribution in [-0.2, 0) is 30.7 Å². The van der Waals surface area contributed by atoms with Crippen LogP contribution in [0.15, 0.2) is 58.7 Å². The van der Waals surface area contributed by atoms with Crippen molar-refractivity contribution in [3.8, 4) is 5.75 Å². The van der Waals surface area contributed by atoms with Crippen molar-refractivity contribution in [3.63, 3.8) is 0 Å². The van der Waals surface area contributed by atoms with Gasteiger partial charge in [-0.2, -0.15) is 4.31 Å². The number of ether oxygens (including phenoxy) is 4. The zero-order valence-corrected chi connectivity index (χ0v) is 29.2. The van der Waals surface area contributed by atoms with Crippen LogP contribution in [0.3, 0.4) is 0 Å².